The molecule has 1 aliphatic rings. The molecule has 2 aromatic carbocycles. The number of anilines is 1. The van der Waals surface area contributed by atoms with Crippen LogP contribution in [0.25, 0.3) is 0 Å². The number of nitrogens with one attached hydrogen (secondary N) is 1. The summed E-state index contributed by atoms with van der Waals surface area (Å²) >= 11 is 9.47. The van der Waals surface area contributed by atoms with E-state index in [9.17, 15) is 4.79 Å². The highest BCUT2D eigenvalue weighted by Gasteiger charge is 2.16. The van der Waals surface area contributed by atoms with Crippen molar-refractivity contribution in [2.24, 2.45) is 0 Å². The van der Waals surface area contributed by atoms with Crippen molar-refractivity contribution in [2.45, 2.75) is 18.9 Å². The fraction of sp³-hybridized carbons (Fsp3) is 0.278. The smallest absolute Gasteiger partial charge is 0.255 e. The first-order valence-electron chi connectivity index (χ1n) is 7.73. The average molecular weight is 411 g/mol. The van der Waals surface area contributed by atoms with Crippen molar-refractivity contribution in [3.8, 4) is 5.75 Å². The van der Waals surface area contributed by atoms with Crippen LogP contribution in [0.15, 0.2) is 46.9 Å². The Kier molecular flexibility index (Phi) is 5.76. The number of hydrogen-bond donors (Lipinski definition) is 1. The number of benzene rings is 2. The molecule has 1 heterocycles. The Bertz CT molecular complexity index is 732. The summed E-state index contributed by atoms with van der Waals surface area (Å²) in [5, 5.41) is 3.28. The lowest BCUT2D eigenvalue weighted by Crippen LogP contribution is -2.17. The normalized spacial score (nSPS) is 16.8. The summed E-state index contributed by atoms with van der Waals surface area (Å²) in [5.74, 6) is 0.418. The second-order valence-corrected chi connectivity index (χ2v) is 6.88. The van der Waals surface area contributed by atoms with Gasteiger partial charge in [0.1, 0.15) is 12.4 Å². The molecule has 2 aromatic rings. The number of hydrogen-bond acceptors (Lipinski definition) is 3. The van der Waals surface area contributed by atoms with E-state index in [1.54, 1.807) is 30.3 Å². The van der Waals surface area contributed by atoms with Crippen LogP contribution in [0, 0.1) is 0 Å². The summed E-state index contributed by atoms with van der Waals surface area (Å²) in [6.07, 6.45) is 2.23. The Morgan fingerprint density at radius 3 is 2.96 bits per heavy atom. The van der Waals surface area contributed by atoms with E-state index >= 15 is 0 Å². The van der Waals surface area contributed by atoms with E-state index in [1.165, 1.54) is 0 Å². The first kappa shape index (κ1) is 17.3. The summed E-state index contributed by atoms with van der Waals surface area (Å²) in [6, 6.07) is 12.4. The predicted molar refractivity (Wildman–Crippen MR) is 98.0 cm³/mol. The van der Waals surface area contributed by atoms with Crippen molar-refractivity contribution in [3.63, 3.8) is 0 Å². The molecule has 0 saturated carbocycles. The largest absolute Gasteiger partial charge is 0.491 e. The van der Waals surface area contributed by atoms with Gasteiger partial charge in [-0.2, -0.15) is 0 Å². The van der Waals surface area contributed by atoms with Gasteiger partial charge in [0, 0.05) is 16.6 Å². The number of amides is 1. The maximum absolute atomic E-state index is 12.4. The molecule has 1 amide bonds. The number of ether oxygens (including phenoxy) is 2. The molecular formula is C18H17BrClNO3. The van der Waals surface area contributed by atoms with Crippen LogP contribution < -0.4 is 10.1 Å². The average Bonchev–Trinajstić information content (AvgIpc) is 3.09. The van der Waals surface area contributed by atoms with Gasteiger partial charge in [0.25, 0.3) is 5.91 Å². The molecular weight excluding hydrogens is 394 g/mol. The van der Waals surface area contributed by atoms with Gasteiger partial charge in [-0.05, 0) is 49.2 Å². The van der Waals surface area contributed by atoms with Gasteiger partial charge in [-0.15, -0.1) is 0 Å². The third-order valence-electron chi connectivity index (χ3n) is 3.74. The summed E-state index contributed by atoms with van der Waals surface area (Å²) < 4.78 is 12.1. The second-order valence-electron chi connectivity index (χ2n) is 5.55. The minimum Gasteiger partial charge on any atom is -0.491 e. The Labute approximate surface area is 154 Å². The molecule has 24 heavy (non-hydrogen) atoms. The molecule has 3 rings (SSSR count). The molecule has 0 aliphatic carbocycles. The molecule has 126 valence electrons. The predicted octanol–water partition coefficient (Wildman–Crippen LogP) is 4.91. The van der Waals surface area contributed by atoms with Gasteiger partial charge in [0.15, 0.2) is 0 Å². The Morgan fingerprint density at radius 1 is 1.33 bits per heavy atom. The van der Waals surface area contributed by atoms with Gasteiger partial charge in [-0.25, -0.2) is 0 Å². The molecule has 1 aliphatic heterocycles. The van der Waals surface area contributed by atoms with Gasteiger partial charge in [0.05, 0.1) is 16.8 Å². The Morgan fingerprint density at radius 2 is 2.21 bits per heavy atom. The minimum atomic E-state index is -0.234. The van der Waals surface area contributed by atoms with Gasteiger partial charge in [0.2, 0.25) is 0 Å². The fourth-order valence-corrected chi connectivity index (χ4v) is 3.20. The van der Waals surface area contributed by atoms with Crippen molar-refractivity contribution in [1.82, 2.24) is 0 Å². The highest BCUT2D eigenvalue weighted by Crippen LogP contribution is 2.26. The highest BCUT2D eigenvalue weighted by molar-refractivity contribution is 9.10. The van der Waals surface area contributed by atoms with E-state index < -0.39 is 0 Å². The van der Waals surface area contributed by atoms with Crippen LogP contribution in [0.1, 0.15) is 23.2 Å². The number of carbonyl (C=O) groups excluding carboxylic acids is 1. The van der Waals surface area contributed by atoms with Crippen LogP contribution in [0.2, 0.25) is 5.02 Å². The van der Waals surface area contributed by atoms with E-state index in [4.69, 9.17) is 21.1 Å². The molecule has 0 bridgehead atoms. The number of rotatable bonds is 5. The van der Waals surface area contributed by atoms with E-state index in [2.05, 4.69) is 21.2 Å². The summed E-state index contributed by atoms with van der Waals surface area (Å²) in [6.45, 7) is 1.30. The SMILES string of the molecule is O=C(Nc1ccc(Br)cc1Cl)c1cccc(OCC2CCCO2)c1. The van der Waals surface area contributed by atoms with Crippen molar-refractivity contribution in [3.05, 3.63) is 57.5 Å². The third kappa shape index (κ3) is 4.50. The second kappa shape index (κ2) is 8.01. The van der Waals surface area contributed by atoms with Crippen LogP contribution in [0.4, 0.5) is 5.69 Å². The van der Waals surface area contributed by atoms with Crippen molar-refractivity contribution < 1.29 is 14.3 Å². The minimum absolute atomic E-state index is 0.143. The maximum atomic E-state index is 12.4. The Balaban J connectivity index is 1.65. The quantitative estimate of drug-likeness (QED) is 0.761. The monoisotopic (exact) mass is 409 g/mol. The van der Waals surface area contributed by atoms with Crippen LogP contribution in [0.5, 0.6) is 5.75 Å². The zero-order chi connectivity index (χ0) is 16.9. The first-order chi connectivity index (χ1) is 11.6. The fourth-order valence-electron chi connectivity index (χ4n) is 2.48. The number of carbonyl (C=O) groups is 1. The van der Waals surface area contributed by atoms with Gasteiger partial charge in [-0.3, -0.25) is 4.79 Å². The lowest BCUT2D eigenvalue weighted by atomic mass is 10.2. The van der Waals surface area contributed by atoms with Gasteiger partial charge < -0.3 is 14.8 Å². The molecule has 4 nitrogen and oxygen atoms in total. The van der Waals surface area contributed by atoms with Crippen molar-refractivity contribution in [1.29, 1.82) is 0 Å². The molecule has 1 saturated heterocycles. The zero-order valence-electron chi connectivity index (χ0n) is 12.9. The molecule has 1 unspecified atom stereocenters. The molecule has 0 spiro atoms. The Hall–Kier alpha value is -1.56. The van der Waals surface area contributed by atoms with E-state index in [0.717, 1.165) is 23.9 Å². The van der Waals surface area contributed by atoms with Gasteiger partial charge >= 0.3 is 0 Å². The van der Waals surface area contributed by atoms with E-state index in [0.29, 0.717) is 28.6 Å². The zero-order valence-corrected chi connectivity index (χ0v) is 15.3. The lowest BCUT2D eigenvalue weighted by Gasteiger charge is -2.12. The maximum Gasteiger partial charge on any atom is 0.255 e. The van der Waals surface area contributed by atoms with Crippen LogP contribution >= 0.6 is 27.5 Å². The summed E-state index contributed by atoms with van der Waals surface area (Å²) in [5.41, 5.74) is 1.08. The molecule has 6 heteroatoms. The number of halogens is 2. The summed E-state index contributed by atoms with van der Waals surface area (Å²) in [7, 11) is 0. The van der Waals surface area contributed by atoms with Crippen molar-refractivity contribution in [2.75, 3.05) is 18.5 Å². The van der Waals surface area contributed by atoms with Gasteiger partial charge in [-0.1, -0.05) is 33.6 Å². The van der Waals surface area contributed by atoms with Crippen LogP contribution in [-0.4, -0.2) is 25.2 Å². The molecule has 1 fully saturated rings. The molecule has 1 atom stereocenters. The van der Waals surface area contributed by atoms with Crippen LogP contribution in [0.3, 0.4) is 0 Å². The molecule has 0 radical (unpaired) electrons. The summed E-state index contributed by atoms with van der Waals surface area (Å²) in [4.78, 5) is 12.4. The van der Waals surface area contributed by atoms with Crippen LogP contribution in [-0.2, 0) is 4.74 Å². The lowest BCUT2D eigenvalue weighted by molar-refractivity contribution is 0.0679. The van der Waals surface area contributed by atoms with E-state index in [-0.39, 0.29) is 12.0 Å². The topological polar surface area (TPSA) is 47.6 Å². The van der Waals surface area contributed by atoms with E-state index in [1.807, 2.05) is 12.1 Å². The standard InChI is InChI=1S/C18H17BrClNO3/c19-13-6-7-17(16(20)10-13)21-18(22)12-3-1-4-14(9-12)24-11-15-5-2-8-23-15/h1,3-4,6-7,9-10,15H,2,5,8,11H2,(H,21,22). The first-order valence-corrected chi connectivity index (χ1v) is 8.90. The highest BCUT2D eigenvalue weighted by atomic mass is 79.9. The van der Waals surface area contributed by atoms with Crippen molar-refractivity contribution >= 4 is 39.1 Å². The molecule has 0 aromatic heterocycles. The molecule has 1 N–H and O–H groups in total. The third-order valence-corrected chi connectivity index (χ3v) is 4.54.